The minimum atomic E-state index is -0.363. The van der Waals surface area contributed by atoms with Gasteiger partial charge in [0.25, 0.3) is 5.91 Å². The van der Waals surface area contributed by atoms with Crippen LogP contribution in [-0.2, 0) is 0 Å². The summed E-state index contributed by atoms with van der Waals surface area (Å²) in [6.07, 6.45) is 2.05. The average molecular weight is 249 g/mol. The Bertz CT molecular complexity index is 489. The van der Waals surface area contributed by atoms with Crippen molar-refractivity contribution in [2.75, 3.05) is 0 Å². The lowest BCUT2D eigenvalue weighted by molar-refractivity contribution is 0.0941. The van der Waals surface area contributed by atoms with E-state index in [2.05, 4.69) is 11.4 Å². The molecule has 88 valence electrons. The summed E-state index contributed by atoms with van der Waals surface area (Å²) in [7, 11) is 0. The van der Waals surface area contributed by atoms with Gasteiger partial charge in [-0.3, -0.25) is 4.79 Å². The minimum absolute atomic E-state index is 0.197. The number of amides is 1. The molecule has 0 bridgehead atoms. The van der Waals surface area contributed by atoms with Gasteiger partial charge in [-0.05, 0) is 49.4 Å². The van der Waals surface area contributed by atoms with Crippen molar-refractivity contribution in [3.05, 3.63) is 34.3 Å². The number of nitrogens with one attached hydrogen (secondary N) is 1. The van der Waals surface area contributed by atoms with Crippen molar-refractivity contribution in [3.8, 4) is 6.07 Å². The van der Waals surface area contributed by atoms with E-state index >= 15 is 0 Å². The Hall–Kier alpha value is -1.53. The zero-order valence-corrected chi connectivity index (χ0v) is 10.3. The number of hydrogen-bond donors (Lipinski definition) is 1. The molecule has 1 atom stereocenters. The van der Waals surface area contributed by atoms with Gasteiger partial charge in [-0.2, -0.15) is 5.26 Å². The van der Waals surface area contributed by atoms with E-state index in [-0.39, 0.29) is 11.9 Å². The van der Waals surface area contributed by atoms with Gasteiger partial charge >= 0.3 is 0 Å². The lowest BCUT2D eigenvalue weighted by Crippen LogP contribution is -2.35. The maximum absolute atomic E-state index is 12.0. The highest BCUT2D eigenvalue weighted by Gasteiger charge is 2.32. The molecule has 0 saturated heterocycles. The van der Waals surface area contributed by atoms with Crippen LogP contribution in [0.2, 0.25) is 5.02 Å². The van der Waals surface area contributed by atoms with E-state index in [0.29, 0.717) is 16.5 Å². The fraction of sp³-hybridized carbons (Fsp3) is 0.385. The van der Waals surface area contributed by atoms with Crippen LogP contribution in [0.4, 0.5) is 0 Å². The highest BCUT2D eigenvalue weighted by Crippen LogP contribution is 2.32. The van der Waals surface area contributed by atoms with Crippen LogP contribution in [0, 0.1) is 24.2 Å². The van der Waals surface area contributed by atoms with Crippen molar-refractivity contribution in [1.29, 1.82) is 5.26 Å². The summed E-state index contributed by atoms with van der Waals surface area (Å²) in [6, 6.07) is 6.89. The average Bonchev–Trinajstić information content (AvgIpc) is 3.09. The zero-order valence-electron chi connectivity index (χ0n) is 9.53. The molecule has 2 rings (SSSR count). The molecule has 0 spiro atoms. The number of rotatable bonds is 3. The molecule has 1 N–H and O–H groups in total. The second kappa shape index (κ2) is 4.77. The quantitative estimate of drug-likeness (QED) is 0.894. The van der Waals surface area contributed by atoms with Gasteiger partial charge in [-0.25, -0.2) is 0 Å². The predicted octanol–water partition coefficient (Wildman–Crippen LogP) is 2.68. The van der Waals surface area contributed by atoms with Crippen molar-refractivity contribution in [1.82, 2.24) is 5.32 Å². The Morgan fingerprint density at radius 1 is 1.59 bits per heavy atom. The Kier molecular flexibility index (Phi) is 3.35. The number of nitrogens with zero attached hydrogens (tertiary/aromatic N) is 1. The summed E-state index contributed by atoms with van der Waals surface area (Å²) in [5, 5.41) is 12.3. The second-order valence-electron chi connectivity index (χ2n) is 4.38. The number of halogens is 1. The summed E-state index contributed by atoms with van der Waals surface area (Å²) in [5.74, 6) is 0.133. The third kappa shape index (κ3) is 2.78. The van der Waals surface area contributed by atoms with E-state index in [9.17, 15) is 4.79 Å². The summed E-state index contributed by atoms with van der Waals surface area (Å²) in [4.78, 5) is 12.0. The van der Waals surface area contributed by atoms with Gasteiger partial charge < -0.3 is 5.32 Å². The molecule has 17 heavy (non-hydrogen) atoms. The summed E-state index contributed by atoms with van der Waals surface area (Å²) >= 11 is 5.83. The van der Waals surface area contributed by atoms with Crippen LogP contribution in [0.15, 0.2) is 18.2 Å². The van der Waals surface area contributed by atoms with Crippen molar-refractivity contribution >= 4 is 17.5 Å². The highest BCUT2D eigenvalue weighted by molar-refractivity contribution is 6.30. The van der Waals surface area contributed by atoms with E-state index in [1.54, 1.807) is 18.2 Å². The van der Waals surface area contributed by atoms with Crippen molar-refractivity contribution in [2.45, 2.75) is 25.8 Å². The minimum Gasteiger partial charge on any atom is -0.336 e. The first-order valence-corrected chi connectivity index (χ1v) is 5.96. The van der Waals surface area contributed by atoms with Crippen molar-refractivity contribution < 1.29 is 4.79 Å². The van der Waals surface area contributed by atoms with E-state index in [4.69, 9.17) is 16.9 Å². The number of benzene rings is 1. The number of nitriles is 1. The molecule has 0 aromatic heterocycles. The van der Waals surface area contributed by atoms with Gasteiger partial charge in [0.05, 0.1) is 6.07 Å². The maximum Gasteiger partial charge on any atom is 0.252 e. The third-order valence-corrected chi connectivity index (χ3v) is 3.19. The summed E-state index contributed by atoms with van der Waals surface area (Å²) in [6.45, 7) is 1.83. The fourth-order valence-corrected chi connectivity index (χ4v) is 2.01. The fourth-order valence-electron chi connectivity index (χ4n) is 1.79. The van der Waals surface area contributed by atoms with Crippen LogP contribution in [0.5, 0.6) is 0 Å². The number of carbonyl (C=O) groups excluding carboxylic acids is 1. The molecule has 0 aliphatic heterocycles. The third-order valence-electron chi connectivity index (χ3n) is 2.95. The molecule has 1 aliphatic rings. The SMILES string of the molecule is Cc1cc(Cl)ccc1C(=O)NC(C#N)C1CC1. The maximum atomic E-state index is 12.0. The monoisotopic (exact) mass is 248 g/mol. The van der Waals surface area contributed by atoms with Crippen LogP contribution in [0.25, 0.3) is 0 Å². The van der Waals surface area contributed by atoms with Crippen molar-refractivity contribution in [3.63, 3.8) is 0 Å². The van der Waals surface area contributed by atoms with Crippen LogP contribution in [0.3, 0.4) is 0 Å². The van der Waals surface area contributed by atoms with Crippen LogP contribution in [-0.4, -0.2) is 11.9 Å². The molecule has 1 unspecified atom stereocenters. The summed E-state index contributed by atoms with van der Waals surface area (Å²) in [5.41, 5.74) is 1.40. The van der Waals surface area contributed by atoms with Gasteiger partial charge in [0.2, 0.25) is 0 Å². The first kappa shape index (κ1) is 11.9. The molecular formula is C13H13ClN2O. The van der Waals surface area contributed by atoms with E-state index in [1.165, 1.54) is 0 Å². The zero-order chi connectivity index (χ0) is 12.4. The molecule has 1 saturated carbocycles. The molecule has 4 heteroatoms. The molecule has 0 heterocycles. The number of aryl methyl sites for hydroxylation is 1. The normalized spacial score (nSPS) is 16.1. The molecule has 1 amide bonds. The Labute approximate surface area is 105 Å². The van der Waals surface area contributed by atoms with E-state index in [1.807, 2.05) is 6.92 Å². The Morgan fingerprint density at radius 3 is 2.82 bits per heavy atom. The van der Waals surface area contributed by atoms with Gasteiger partial charge in [0.1, 0.15) is 6.04 Å². The van der Waals surface area contributed by atoms with Crippen molar-refractivity contribution in [2.24, 2.45) is 5.92 Å². The van der Waals surface area contributed by atoms with Crippen LogP contribution < -0.4 is 5.32 Å². The lowest BCUT2D eigenvalue weighted by Gasteiger charge is -2.12. The van der Waals surface area contributed by atoms with Gasteiger partial charge in [-0.15, -0.1) is 0 Å². The molecule has 0 radical (unpaired) electrons. The molecule has 1 aromatic rings. The first-order chi connectivity index (χ1) is 8.11. The van der Waals surface area contributed by atoms with E-state index in [0.717, 1.165) is 18.4 Å². The lowest BCUT2D eigenvalue weighted by atomic mass is 10.1. The topological polar surface area (TPSA) is 52.9 Å². The number of carbonyl (C=O) groups is 1. The largest absolute Gasteiger partial charge is 0.336 e. The molecule has 3 nitrogen and oxygen atoms in total. The standard InChI is InChI=1S/C13H13ClN2O/c1-8-6-10(14)4-5-11(8)13(17)16-12(7-15)9-2-3-9/h4-6,9,12H,2-3H2,1H3,(H,16,17). The van der Waals surface area contributed by atoms with Gasteiger partial charge in [-0.1, -0.05) is 11.6 Å². The molecule has 1 fully saturated rings. The van der Waals surface area contributed by atoms with Gasteiger partial charge in [0, 0.05) is 10.6 Å². The summed E-state index contributed by atoms with van der Waals surface area (Å²) < 4.78 is 0. The Morgan fingerprint density at radius 2 is 2.29 bits per heavy atom. The highest BCUT2D eigenvalue weighted by atomic mass is 35.5. The predicted molar refractivity (Wildman–Crippen MR) is 65.8 cm³/mol. The van der Waals surface area contributed by atoms with Gasteiger partial charge in [0.15, 0.2) is 0 Å². The van der Waals surface area contributed by atoms with Crippen LogP contribution >= 0.6 is 11.6 Å². The smallest absolute Gasteiger partial charge is 0.252 e. The molecular weight excluding hydrogens is 236 g/mol. The second-order valence-corrected chi connectivity index (χ2v) is 4.81. The first-order valence-electron chi connectivity index (χ1n) is 5.58. The Balaban J connectivity index is 2.11. The molecule has 1 aliphatic carbocycles. The van der Waals surface area contributed by atoms with E-state index < -0.39 is 0 Å². The number of hydrogen-bond acceptors (Lipinski definition) is 2. The molecule has 1 aromatic carbocycles. The van der Waals surface area contributed by atoms with Crippen LogP contribution in [0.1, 0.15) is 28.8 Å².